The SMILES string of the molecule is Cl.c1cncc(CSCC2CCCNC2)c1. The van der Waals surface area contributed by atoms with Crippen molar-refractivity contribution in [1.29, 1.82) is 0 Å². The molecule has 16 heavy (non-hydrogen) atoms. The maximum atomic E-state index is 4.12. The van der Waals surface area contributed by atoms with Gasteiger partial charge in [-0.2, -0.15) is 11.8 Å². The minimum Gasteiger partial charge on any atom is -0.316 e. The van der Waals surface area contributed by atoms with E-state index in [2.05, 4.69) is 16.4 Å². The van der Waals surface area contributed by atoms with Gasteiger partial charge in [0.25, 0.3) is 0 Å². The van der Waals surface area contributed by atoms with Gasteiger partial charge in [-0.05, 0) is 49.2 Å². The Balaban J connectivity index is 0.00000128. The fourth-order valence-electron chi connectivity index (χ4n) is 1.89. The summed E-state index contributed by atoms with van der Waals surface area (Å²) >= 11 is 2.03. The van der Waals surface area contributed by atoms with Crippen LogP contribution in [-0.2, 0) is 5.75 Å². The summed E-state index contributed by atoms with van der Waals surface area (Å²) in [7, 11) is 0. The molecule has 0 aromatic carbocycles. The third kappa shape index (κ3) is 4.73. The highest BCUT2D eigenvalue weighted by Crippen LogP contribution is 2.19. The first-order valence-corrected chi connectivity index (χ1v) is 6.78. The Hall–Kier alpha value is -0.250. The lowest BCUT2D eigenvalue weighted by molar-refractivity contribution is 0.410. The molecule has 1 fully saturated rings. The van der Waals surface area contributed by atoms with Crippen molar-refractivity contribution < 1.29 is 0 Å². The molecule has 1 aromatic heterocycles. The van der Waals surface area contributed by atoms with Crippen LogP contribution in [0.3, 0.4) is 0 Å². The molecular formula is C12H19ClN2S. The fourth-order valence-corrected chi connectivity index (χ4v) is 3.04. The second-order valence-electron chi connectivity index (χ2n) is 4.09. The van der Waals surface area contributed by atoms with Gasteiger partial charge in [0.05, 0.1) is 0 Å². The van der Waals surface area contributed by atoms with Gasteiger partial charge in [-0.15, -0.1) is 12.4 Å². The Morgan fingerprint density at radius 1 is 1.50 bits per heavy atom. The average molecular weight is 259 g/mol. The van der Waals surface area contributed by atoms with Crippen LogP contribution in [0.4, 0.5) is 0 Å². The van der Waals surface area contributed by atoms with Crippen molar-refractivity contribution in [2.45, 2.75) is 18.6 Å². The summed E-state index contributed by atoms with van der Waals surface area (Å²) in [5.74, 6) is 3.26. The van der Waals surface area contributed by atoms with Gasteiger partial charge in [-0.3, -0.25) is 4.98 Å². The van der Waals surface area contributed by atoms with Crippen molar-refractivity contribution in [2.75, 3.05) is 18.8 Å². The van der Waals surface area contributed by atoms with E-state index in [1.54, 1.807) is 0 Å². The zero-order valence-corrected chi connectivity index (χ0v) is 11.0. The number of nitrogens with one attached hydrogen (secondary N) is 1. The minimum atomic E-state index is 0. The standard InChI is InChI=1S/C12H18N2S.ClH/c1-3-11(7-13-5-1)9-15-10-12-4-2-6-14-8-12;/h1,3,5,7,12,14H,2,4,6,8-10H2;1H. The molecule has 0 bridgehead atoms. The van der Waals surface area contributed by atoms with E-state index in [0.29, 0.717) is 0 Å². The topological polar surface area (TPSA) is 24.9 Å². The molecule has 2 rings (SSSR count). The van der Waals surface area contributed by atoms with Crippen molar-refractivity contribution in [1.82, 2.24) is 10.3 Å². The fraction of sp³-hybridized carbons (Fsp3) is 0.583. The summed E-state index contributed by atoms with van der Waals surface area (Å²) < 4.78 is 0. The van der Waals surface area contributed by atoms with Gasteiger partial charge < -0.3 is 5.32 Å². The van der Waals surface area contributed by atoms with E-state index in [1.165, 1.54) is 37.2 Å². The average Bonchev–Trinajstić information content (AvgIpc) is 2.32. The highest BCUT2D eigenvalue weighted by molar-refractivity contribution is 7.98. The van der Waals surface area contributed by atoms with Crippen molar-refractivity contribution in [3.05, 3.63) is 30.1 Å². The van der Waals surface area contributed by atoms with Gasteiger partial charge in [0.1, 0.15) is 0 Å². The summed E-state index contributed by atoms with van der Waals surface area (Å²) in [5, 5.41) is 3.46. The molecule has 1 saturated heterocycles. The third-order valence-corrected chi connectivity index (χ3v) is 3.99. The smallest absolute Gasteiger partial charge is 0.0308 e. The number of hydrogen-bond acceptors (Lipinski definition) is 3. The normalized spacial score (nSPS) is 20.1. The highest BCUT2D eigenvalue weighted by atomic mass is 35.5. The van der Waals surface area contributed by atoms with Crippen LogP contribution in [0, 0.1) is 5.92 Å². The van der Waals surface area contributed by atoms with Crippen LogP contribution in [0.25, 0.3) is 0 Å². The molecule has 4 heteroatoms. The van der Waals surface area contributed by atoms with Crippen LogP contribution in [0.5, 0.6) is 0 Å². The van der Waals surface area contributed by atoms with E-state index in [4.69, 9.17) is 0 Å². The molecule has 0 amide bonds. The Morgan fingerprint density at radius 2 is 2.44 bits per heavy atom. The Kier molecular flexibility index (Phi) is 6.85. The van der Waals surface area contributed by atoms with Crippen molar-refractivity contribution in [2.24, 2.45) is 5.92 Å². The van der Waals surface area contributed by atoms with E-state index in [1.807, 2.05) is 30.2 Å². The minimum absolute atomic E-state index is 0. The second kappa shape index (κ2) is 7.93. The molecule has 1 aliphatic rings. The predicted octanol–water partition coefficient (Wildman–Crippen LogP) is 2.74. The van der Waals surface area contributed by atoms with Crippen molar-refractivity contribution in [3.63, 3.8) is 0 Å². The molecule has 90 valence electrons. The molecule has 1 atom stereocenters. The van der Waals surface area contributed by atoms with Crippen LogP contribution in [0.2, 0.25) is 0 Å². The summed E-state index contributed by atoms with van der Waals surface area (Å²) in [4.78, 5) is 4.12. The summed E-state index contributed by atoms with van der Waals surface area (Å²) in [5.41, 5.74) is 1.34. The quantitative estimate of drug-likeness (QED) is 0.899. The molecule has 1 N–H and O–H groups in total. The zero-order valence-electron chi connectivity index (χ0n) is 9.39. The first-order chi connectivity index (χ1) is 7.45. The number of aromatic nitrogens is 1. The van der Waals surface area contributed by atoms with E-state index >= 15 is 0 Å². The van der Waals surface area contributed by atoms with Gasteiger partial charge in [-0.1, -0.05) is 6.07 Å². The van der Waals surface area contributed by atoms with Gasteiger partial charge in [0.15, 0.2) is 0 Å². The Morgan fingerprint density at radius 3 is 3.12 bits per heavy atom. The molecular weight excluding hydrogens is 240 g/mol. The Labute approximate surface area is 108 Å². The Bertz CT molecular complexity index is 276. The monoisotopic (exact) mass is 258 g/mol. The van der Waals surface area contributed by atoms with Gasteiger partial charge in [0.2, 0.25) is 0 Å². The molecule has 2 heterocycles. The number of piperidine rings is 1. The lowest BCUT2D eigenvalue weighted by Gasteiger charge is -2.22. The molecule has 1 unspecified atom stereocenters. The predicted molar refractivity (Wildman–Crippen MR) is 73.2 cm³/mol. The van der Waals surface area contributed by atoms with E-state index < -0.39 is 0 Å². The number of nitrogens with zero attached hydrogens (tertiary/aromatic N) is 1. The van der Waals surface area contributed by atoms with Gasteiger partial charge in [-0.25, -0.2) is 0 Å². The number of halogens is 1. The van der Waals surface area contributed by atoms with Gasteiger partial charge in [0, 0.05) is 18.1 Å². The van der Waals surface area contributed by atoms with Crippen LogP contribution >= 0.6 is 24.2 Å². The number of pyridine rings is 1. The zero-order chi connectivity index (χ0) is 10.3. The van der Waals surface area contributed by atoms with Crippen LogP contribution in [-0.4, -0.2) is 23.8 Å². The molecule has 2 nitrogen and oxygen atoms in total. The molecule has 1 aliphatic heterocycles. The highest BCUT2D eigenvalue weighted by Gasteiger charge is 2.12. The summed E-state index contributed by atoms with van der Waals surface area (Å²) in [6, 6.07) is 4.16. The van der Waals surface area contributed by atoms with Crippen molar-refractivity contribution in [3.8, 4) is 0 Å². The summed E-state index contributed by atoms with van der Waals surface area (Å²) in [6.07, 6.45) is 6.54. The maximum absolute atomic E-state index is 4.12. The second-order valence-corrected chi connectivity index (χ2v) is 5.12. The van der Waals surface area contributed by atoms with Crippen LogP contribution in [0.15, 0.2) is 24.5 Å². The number of hydrogen-bond donors (Lipinski definition) is 1. The molecule has 0 spiro atoms. The van der Waals surface area contributed by atoms with E-state index in [-0.39, 0.29) is 12.4 Å². The summed E-state index contributed by atoms with van der Waals surface area (Å²) in [6.45, 7) is 2.42. The van der Waals surface area contributed by atoms with E-state index in [9.17, 15) is 0 Å². The molecule has 0 aliphatic carbocycles. The third-order valence-electron chi connectivity index (χ3n) is 2.74. The van der Waals surface area contributed by atoms with Crippen LogP contribution in [0.1, 0.15) is 18.4 Å². The maximum Gasteiger partial charge on any atom is 0.0308 e. The lowest BCUT2D eigenvalue weighted by atomic mass is 10.0. The van der Waals surface area contributed by atoms with Gasteiger partial charge >= 0.3 is 0 Å². The lowest BCUT2D eigenvalue weighted by Crippen LogP contribution is -2.30. The molecule has 0 radical (unpaired) electrons. The first kappa shape index (κ1) is 13.8. The molecule has 0 saturated carbocycles. The molecule has 1 aromatic rings. The number of thioether (sulfide) groups is 1. The van der Waals surface area contributed by atoms with E-state index in [0.717, 1.165) is 11.7 Å². The first-order valence-electron chi connectivity index (χ1n) is 5.62. The van der Waals surface area contributed by atoms with Crippen molar-refractivity contribution >= 4 is 24.2 Å². The number of rotatable bonds is 4. The van der Waals surface area contributed by atoms with Crippen LogP contribution < -0.4 is 5.32 Å². The largest absolute Gasteiger partial charge is 0.316 e.